The predicted molar refractivity (Wildman–Crippen MR) is 50.8 cm³/mol. The summed E-state index contributed by atoms with van der Waals surface area (Å²) in [7, 11) is 1.89. The van der Waals surface area contributed by atoms with Crippen molar-refractivity contribution in [3.05, 3.63) is 46.9 Å². The summed E-state index contributed by atoms with van der Waals surface area (Å²) in [5.74, 6) is 0.855. The lowest BCUT2D eigenvalue weighted by Crippen LogP contribution is -2.08. The third kappa shape index (κ3) is 1.71. The average molecular weight is 190 g/mol. The van der Waals surface area contributed by atoms with E-state index in [0.29, 0.717) is 6.54 Å². The van der Waals surface area contributed by atoms with E-state index < -0.39 is 0 Å². The lowest BCUT2D eigenvalue weighted by Gasteiger charge is -2.03. The van der Waals surface area contributed by atoms with E-state index in [4.69, 9.17) is 0 Å². The van der Waals surface area contributed by atoms with Gasteiger partial charge in [-0.05, 0) is 0 Å². The van der Waals surface area contributed by atoms with E-state index in [1.54, 1.807) is 18.7 Å². The highest BCUT2D eigenvalue weighted by molar-refractivity contribution is 4.96. The first-order valence-corrected chi connectivity index (χ1v) is 4.25. The fourth-order valence-corrected chi connectivity index (χ4v) is 1.16. The second-order valence-electron chi connectivity index (χ2n) is 3.06. The van der Waals surface area contributed by atoms with Crippen LogP contribution in [0.5, 0.6) is 0 Å². The molecule has 0 N–H and O–H groups in total. The Morgan fingerprint density at radius 1 is 1.36 bits per heavy atom. The number of rotatable bonds is 2. The highest BCUT2D eigenvalue weighted by atomic mass is 16.1. The maximum absolute atomic E-state index is 10.8. The molecule has 0 fully saturated rings. The summed E-state index contributed by atoms with van der Waals surface area (Å²) in [5.41, 5.74) is 0.0132. The molecule has 2 aromatic rings. The number of nitrogens with zero attached hydrogens (tertiary/aromatic N) is 4. The fourth-order valence-electron chi connectivity index (χ4n) is 1.16. The van der Waals surface area contributed by atoms with E-state index in [0.717, 1.165) is 5.82 Å². The first-order chi connectivity index (χ1) is 6.75. The van der Waals surface area contributed by atoms with Gasteiger partial charge in [-0.3, -0.25) is 4.79 Å². The molecular formula is C9H10N4O. The minimum Gasteiger partial charge on any atom is -0.346 e. The van der Waals surface area contributed by atoms with Gasteiger partial charge in [0.05, 0.1) is 6.54 Å². The first kappa shape index (κ1) is 8.68. The molecule has 0 saturated heterocycles. The summed E-state index contributed by atoms with van der Waals surface area (Å²) in [4.78, 5) is 10.8. The monoisotopic (exact) mass is 190 g/mol. The Morgan fingerprint density at radius 3 is 2.64 bits per heavy atom. The van der Waals surface area contributed by atoms with Gasteiger partial charge in [-0.1, -0.05) is 0 Å². The van der Waals surface area contributed by atoms with Crippen molar-refractivity contribution in [2.45, 2.75) is 6.54 Å². The van der Waals surface area contributed by atoms with E-state index >= 15 is 0 Å². The number of hydrogen-bond acceptors (Lipinski definition) is 3. The van der Waals surface area contributed by atoms with Crippen LogP contribution in [0.2, 0.25) is 0 Å². The Bertz CT molecular complexity index is 465. The normalized spacial score (nSPS) is 10.4. The average Bonchev–Trinajstić information content (AvgIpc) is 2.56. The third-order valence-electron chi connectivity index (χ3n) is 1.99. The zero-order chi connectivity index (χ0) is 9.97. The SMILES string of the molecule is Cn1cnnc1Cn1ccc(=O)cc1. The molecule has 5 nitrogen and oxygen atoms in total. The quantitative estimate of drug-likeness (QED) is 0.671. The van der Waals surface area contributed by atoms with Crippen molar-refractivity contribution in [1.29, 1.82) is 0 Å². The zero-order valence-electron chi connectivity index (χ0n) is 7.79. The van der Waals surface area contributed by atoms with Crippen molar-refractivity contribution in [3.8, 4) is 0 Å². The molecule has 0 aliphatic rings. The van der Waals surface area contributed by atoms with Crippen LogP contribution in [0, 0.1) is 0 Å². The van der Waals surface area contributed by atoms with Crippen molar-refractivity contribution in [1.82, 2.24) is 19.3 Å². The molecule has 0 aliphatic carbocycles. The molecule has 0 aliphatic heterocycles. The molecular weight excluding hydrogens is 180 g/mol. The van der Waals surface area contributed by atoms with Gasteiger partial charge in [0.1, 0.15) is 6.33 Å². The molecule has 5 heteroatoms. The van der Waals surface area contributed by atoms with Crippen molar-refractivity contribution >= 4 is 0 Å². The second kappa shape index (κ2) is 3.45. The fraction of sp³-hybridized carbons (Fsp3) is 0.222. The van der Waals surface area contributed by atoms with Gasteiger partial charge in [0.2, 0.25) is 0 Å². The minimum absolute atomic E-state index is 0.0132. The van der Waals surface area contributed by atoms with Crippen LogP contribution >= 0.6 is 0 Å². The Morgan fingerprint density at radius 2 is 2.07 bits per heavy atom. The topological polar surface area (TPSA) is 52.7 Å². The maximum atomic E-state index is 10.8. The van der Waals surface area contributed by atoms with Crippen LogP contribution in [0.3, 0.4) is 0 Å². The molecule has 0 saturated carbocycles. The summed E-state index contributed by atoms with van der Waals surface area (Å²) >= 11 is 0. The predicted octanol–water partition coefficient (Wildman–Crippen LogP) is 0.0251. The van der Waals surface area contributed by atoms with Gasteiger partial charge in [0.25, 0.3) is 0 Å². The van der Waals surface area contributed by atoms with Crippen molar-refractivity contribution < 1.29 is 0 Å². The maximum Gasteiger partial charge on any atom is 0.181 e. The number of aryl methyl sites for hydroxylation is 1. The lowest BCUT2D eigenvalue weighted by molar-refractivity contribution is 0.693. The van der Waals surface area contributed by atoms with Crippen LogP contribution in [0.25, 0.3) is 0 Å². The van der Waals surface area contributed by atoms with Crippen molar-refractivity contribution in [2.75, 3.05) is 0 Å². The molecule has 0 unspecified atom stereocenters. The van der Waals surface area contributed by atoms with E-state index in [2.05, 4.69) is 10.2 Å². The third-order valence-corrected chi connectivity index (χ3v) is 1.99. The van der Waals surface area contributed by atoms with Crippen molar-refractivity contribution in [2.24, 2.45) is 7.05 Å². The molecule has 2 heterocycles. The molecule has 0 bridgehead atoms. The molecule has 0 amide bonds. The highest BCUT2D eigenvalue weighted by Crippen LogP contribution is 1.95. The van der Waals surface area contributed by atoms with Gasteiger partial charge in [0, 0.05) is 31.6 Å². The Labute approximate surface area is 80.6 Å². The van der Waals surface area contributed by atoms with E-state index in [9.17, 15) is 4.79 Å². The lowest BCUT2D eigenvalue weighted by atomic mass is 10.4. The molecule has 0 radical (unpaired) electrons. The summed E-state index contributed by atoms with van der Waals surface area (Å²) < 4.78 is 3.73. The van der Waals surface area contributed by atoms with E-state index in [-0.39, 0.29) is 5.43 Å². The van der Waals surface area contributed by atoms with Crippen LogP contribution in [-0.2, 0) is 13.6 Å². The zero-order valence-corrected chi connectivity index (χ0v) is 7.79. The van der Waals surface area contributed by atoms with E-state index in [1.165, 1.54) is 12.1 Å². The Hall–Kier alpha value is -1.91. The molecule has 2 rings (SSSR count). The molecule has 0 spiro atoms. The van der Waals surface area contributed by atoms with Crippen molar-refractivity contribution in [3.63, 3.8) is 0 Å². The minimum atomic E-state index is 0.0132. The van der Waals surface area contributed by atoms with Gasteiger partial charge in [-0.25, -0.2) is 0 Å². The van der Waals surface area contributed by atoms with Crippen LogP contribution in [0.15, 0.2) is 35.6 Å². The number of aromatic nitrogens is 4. The Balaban J connectivity index is 2.23. The van der Waals surface area contributed by atoms with Crippen LogP contribution in [0.4, 0.5) is 0 Å². The van der Waals surface area contributed by atoms with Crippen LogP contribution in [0.1, 0.15) is 5.82 Å². The van der Waals surface area contributed by atoms with Crippen LogP contribution < -0.4 is 5.43 Å². The van der Waals surface area contributed by atoms with Gasteiger partial charge < -0.3 is 9.13 Å². The largest absolute Gasteiger partial charge is 0.346 e. The number of hydrogen-bond donors (Lipinski definition) is 0. The Kier molecular flexibility index (Phi) is 2.14. The molecule has 2 aromatic heterocycles. The van der Waals surface area contributed by atoms with E-state index in [1.807, 2.05) is 16.2 Å². The summed E-state index contributed by atoms with van der Waals surface area (Å²) in [5, 5.41) is 7.72. The molecule has 14 heavy (non-hydrogen) atoms. The summed E-state index contributed by atoms with van der Waals surface area (Å²) in [6.07, 6.45) is 5.12. The standard InChI is InChI=1S/C9H10N4O/c1-12-7-10-11-9(12)6-13-4-2-8(14)3-5-13/h2-5,7H,6H2,1H3. The van der Waals surface area contributed by atoms with Gasteiger partial charge in [-0.15, -0.1) is 10.2 Å². The van der Waals surface area contributed by atoms with Gasteiger partial charge in [0.15, 0.2) is 11.3 Å². The molecule has 0 atom stereocenters. The van der Waals surface area contributed by atoms with Gasteiger partial charge >= 0.3 is 0 Å². The summed E-state index contributed by atoms with van der Waals surface area (Å²) in [6, 6.07) is 3.05. The second-order valence-corrected chi connectivity index (χ2v) is 3.06. The number of pyridine rings is 1. The summed E-state index contributed by atoms with van der Waals surface area (Å²) in [6.45, 7) is 0.622. The molecule has 72 valence electrons. The molecule has 0 aromatic carbocycles. The van der Waals surface area contributed by atoms with Gasteiger partial charge in [-0.2, -0.15) is 0 Å². The smallest absolute Gasteiger partial charge is 0.181 e. The van der Waals surface area contributed by atoms with Crippen LogP contribution in [-0.4, -0.2) is 19.3 Å². The first-order valence-electron chi connectivity index (χ1n) is 4.25. The highest BCUT2D eigenvalue weighted by Gasteiger charge is 1.99.